The molecule has 0 aromatic carbocycles. The molecule has 0 N–H and O–H groups in total. The van der Waals surface area contributed by atoms with Gasteiger partial charge in [0, 0.05) is 36.3 Å². The number of nitrogens with zero attached hydrogens (tertiary/aromatic N) is 2. The first kappa shape index (κ1) is 21.8. The Balaban J connectivity index is 1.91. The zero-order chi connectivity index (χ0) is 20.7. The van der Waals surface area contributed by atoms with E-state index in [2.05, 4.69) is 11.6 Å². The Hall–Kier alpha value is -2.50. The van der Waals surface area contributed by atoms with Crippen molar-refractivity contribution in [3.63, 3.8) is 0 Å². The van der Waals surface area contributed by atoms with Gasteiger partial charge < -0.3 is 19.1 Å². The number of aromatic nitrogens is 1. The van der Waals surface area contributed by atoms with Crippen LogP contribution < -0.4 is 4.74 Å². The van der Waals surface area contributed by atoms with Crippen LogP contribution in [0.25, 0.3) is 0 Å². The lowest BCUT2D eigenvalue weighted by Crippen LogP contribution is -2.41. The molecule has 2 rings (SSSR count). The first-order valence-corrected chi connectivity index (χ1v) is 9.69. The van der Waals surface area contributed by atoms with Crippen LogP contribution in [0.3, 0.4) is 0 Å². The summed E-state index contributed by atoms with van der Waals surface area (Å²) >= 11 is 0. The summed E-state index contributed by atoms with van der Waals surface area (Å²) in [6, 6.07) is 5.81. The highest BCUT2D eigenvalue weighted by molar-refractivity contribution is 5.68. The highest BCUT2D eigenvalue weighted by Gasteiger charge is 2.28. The van der Waals surface area contributed by atoms with Crippen molar-refractivity contribution in [3.8, 4) is 5.88 Å². The molecule has 0 unspecified atom stereocenters. The van der Waals surface area contributed by atoms with Gasteiger partial charge in [-0.1, -0.05) is 12.6 Å². The van der Waals surface area contributed by atoms with Gasteiger partial charge in [-0.3, -0.25) is 0 Å². The SMILES string of the molecule is C=C(COc1cccc(C2CCN(C(=O)OC(C)(C)C)CC2)n1)/C(=C\C)OC. The molecule has 0 radical (unpaired) electrons. The van der Waals surface area contributed by atoms with Crippen LogP contribution in [0.4, 0.5) is 4.79 Å². The molecule has 28 heavy (non-hydrogen) atoms. The van der Waals surface area contributed by atoms with Crippen LogP contribution in [0.15, 0.2) is 42.2 Å². The maximum atomic E-state index is 12.2. The Morgan fingerprint density at radius 1 is 1.32 bits per heavy atom. The number of ether oxygens (including phenoxy) is 3. The molecule has 0 aliphatic carbocycles. The number of carbonyl (C=O) groups is 1. The number of piperidine rings is 1. The third-order valence-corrected chi connectivity index (χ3v) is 4.53. The Morgan fingerprint density at radius 3 is 2.57 bits per heavy atom. The molecule has 1 saturated heterocycles. The summed E-state index contributed by atoms with van der Waals surface area (Å²) in [6.45, 7) is 13.2. The summed E-state index contributed by atoms with van der Waals surface area (Å²) in [4.78, 5) is 18.6. The number of allylic oxidation sites excluding steroid dienone is 1. The van der Waals surface area contributed by atoms with Crippen LogP contribution in [-0.2, 0) is 9.47 Å². The molecule has 154 valence electrons. The summed E-state index contributed by atoms with van der Waals surface area (Å²) in [5.41, 5.74) is 1.29. The highest BCUT2D eigenvalue weighted by atomic mass is 16.6. The minimum atomic E-state index is -0.471. The number of amides is 1. The molecule has 6 heteroatoms. The van der Waals surface area contributed by atoms with Gasteiger partial charge in [0.15, 0.2) is 0 Å². The molecule has 6 nitrogen and oxygen atoms in total. The van der Waals surface area contributed by atoms with Gasteiger partial charge in [-0.25, -0.2) is 9.78 Å². The third-order valence-electron chi connectivity index (χ3n) is 4.53. The maximum Gasteiger partial charge on any atom is 0.410 e. The molecular weight excluding hydrogens is 356 g/mol. The van der Waals surface area contributed by atoms with Crippen LogP contribution in [0.2, 0.25) is 0 Å². The molecule has 2 heterocycles. The first-order valence-electron chi connectivity index (χ1n) is 9.69. The van der Waals surface area contributed by atoms with Gasteiger partial charge in [0.05, 0.1) is 7.11 Å². The van der Waals surface area contributed by atoms with Crippen molar-refractivity contribution in [2.45, 2.75) is 52.1 Å². The molecular formula is C22H32N2O4. The Morgan fingerprint density at radius 2 is 2.00 bits per heavy atom. The molecule has 0 saturated carbocycles. The molecule has 1 aromatic heterocycles. The van der Waals surface area contributed by atoms with Crippen LogP contribution >= 0.6 is 0 Å². The van der Waals surface area contributed by atoms with Gasteiger partial charge in [0.25, 0.3) is 0 Å². The molecule has 1 amide bonds. The smallest absolute Gasteiger partial charge is 0.410 e. The van der Waals surface area contributed by atoms with Gasteiger partial charge in [0.1, 0.15) is 18.0 Å². The van der Waals surface area contributed by atoms with Crippen LogP contribution in [-0.4, -0.2) is 48.4 Å². The van der Waals surface area contributed by atoms with E-state index >= 15 is 0 Å². The van der Waals surface area contributed by atoms with E-state index in [9.17, 15) is 4.79 Å². The van der Waals surface area contributed by atoms with E-state index in [1.54, 1.807) is 12.0 Å². The third kappa shape index (κ3) is 6.29. The lowest BCUT2D eigenvalue weighted by molar-refractivity contribution is 0.0204. The maximum absolute atomic E-state index is 12.2. The Labute approximate surface area is 168 Å². The largest absolute Gasteiger partial charge is 0.497 e. The fourth-order valence-corrected chi connectivity index (χ4v) is 3.12. The molecule has 0 atom stereocenters. The topological polar surface area (TPSA) is 60.9 Å². The molecule has 1 aliphatic heterocycles. The predicted molar refractivity (Wildman–Crippen MR) is 109 cm³/mol. The fraction of sp³-hybridized carbons (Fsp3) is 0.545. The lowest BCUT2D eigenvalue weighted by Gasteiger charge is -2.33. The molecule has 1 aliphatic rings. The molecule has 1 aromatic rings. The summed E-state index contributed by atoms with van der Waals surface area (Å²) in [5.74, 6) is 1.58. The number of carbonyl (C=O) groups excluding carboxylic acids is 1. The second-order valence-corrected chi connectivity index (χ2v) is 7.89. The number of pyridine rings is 1. The quantitative estimate of drug-likeness (QED) is 0.523. The summed E-state index contributed by atoms with van der Waals surface area (Å²) in [5, 5.41) is 0. The highest BCUT2D eigenvalue weighted by Crippen LogP contribution is 2.28. The van der Waals surface area contributed by atoms with Crippen molar-refractivity contribution in [2.75, 3.05) is 26.8 Å². The van der Waals surface area contributed by atoms with E-state index in [4.69, 9.17) is 14.2 Å². The van der Waals surface area contributed by atoms with Crippen molar-refractivity contribution in [1.82, 2.24) is 9.88 Å². The molecule has 0 spiro atoms. The van der Waals surface area contributed by atoms with Crippen LogP contribution in [0, 0.1) is 0 Å². The summed E-state index contributed by atoms with van der Waals surface area (Å²) in [7, 11) is 1.61. The predicted octanol–water partition coefficient (Wildman–Crippen LogP) is 4.68. The second-order valence-electron chi connectivity index (χ2n) is 7.89. The zero-order valence-corrected chi connectivity index (χ0v) is 17.7. The van der Waals surface area contributed by atoms with E-state index in [1.165, 1.54) is 0 Å². The number of hydrogen-bond acceptors (Lipinski definition) is 5. The number of methoxy groups -OCH3 is 1. The van der Waals surface area contributed by atoms with E-state index in [-0.39, 0.29) is 6.09 Å². The van der Waals surface area contributed by atoms with Crippen molar-refractivity contribution in [1.29, 1.82) is 0 Å². The van der Waals surface area contributed by atoms with Crippen molar-refractivity contribution >= 4 is 6.09 Å². The Bertz CT molecular complexity index is 713. The fourth-order valence-electron chi connectivity index (χ4n) is 3.12. The summed E-state index contributed by atoms with van der Waals surface area (Å²) in [6.07, 6.45) is 3.32. The second kappa shape index (κ2) is 9.62. The van der Waals surface area contributed by atoms with E-state index < -0.39 is 5.60 Å². The van der Waals surface area contributed by atoms with E-state index in [0.29, 0.717) is 37.3 Å². The molecule has 1 fully saturated rings. The lowest BCUT2D eigenvalue weighted by atomic mass is 9.93. The molecule has 0 bridgehead atoms. The van der Waals surface area contributed by atoms with Gasteiger partial charge in [-0.15, -0.1) is 0 Å². The van der Waals surface area contributed by atoms with Gasteiger partial charge >= 0.3 is 6.09 Å². The first-order chi connectivity index (χ1) is 13.2. The van der Waals surface area contributed by atoms with Gasteiger partial charge in [-0.05, 0) is 52.7 Å². The average Bonchev–Trinajstić information content (AvgIpc) is 2.66. The normalized spacial score (nSPS) is 15.9. The number of hydrogen-bond donors (Lipinski definition) is 0. The monoisotopic (exact) mass is 388 g/mol. The van der Waals surface area contributed by atoms with Gasteiger partial charge in [0.2, 0.25) is 5.88 Å². The van der Waals surface area contributed by atoms with Crippen LogP contribution in [0.5, 0.6) is 5.88 Å². The van der Waals surface area contributed by atoms with Crippen LogP contribution in [0.1, 0.15) is 52.1 Å². The minimum Gasteiger partial charge on any atom is -0.497 e. The summed E-state index contributed by atoms with van der Waals surface area (Å²) < 4.78 is 16.5. The van der Waals surface area contributed by atoms with E-state index in [1.807, 2.05) is 52.0 Å². The number of rotatable bonds is 6. The van der Waals surface area contributed by atoms with E-state index in [0.717, 1.165) is 24.1 Å². The minimum absolute atomic E-state index is 0.243. The zero-order valence-electron chi connectivity index (χ0n) is 17.7. The van der Waals surface area contributed by atoms with Crippen molar-refractivity contribution in [2.24, 2.45) is 0 Å². The van der Waals surface area contributed by atoms with Crippen molar-refractivity contribution < 1.29 is 19.0 Å². The Kier molecular flexibility index (Phi) is 7.49. The average molecular weight is 389 g/mol. The standard InChI is InChI=1S/C22H32N2O4/c1-7-19(26-6)16(2)15-27-20-10-8-9-18(23-20)17-11-13-24(14-12-17)21(25)28-22(3,4)5/h7-10,17H,2,11-15H2,1,3-6H3/b19-7+. The van der Waals surface area contributed by atoms with Gasteiger partial charge in [-0.2, -0.15) is 0 Å². The number of likely N-dealkylation sites (tertiary alicyclic amines) is 1. The van der Waals surface area contributed by atoms with Crippen molar-refractivity contribution in [3.05, 3.63) is 47.9 Å².